The van der Waals surface area contributed by atoms with E-state index in [1.807, 2.05) is 20.8 Å². The Labute approximate surface area is 95.9 Å². The lowest BCUT2D eigenvalue weighted by Gasteiger charge is -2.26. The molecule has 0 aromatic rings. The maximum absolute atomic E-state index is 11.8. The summed E-state index contributed by atoms with van der Waals surface area (Å²) in [7, 11) is 0. The lowest BCUT2D eigenvalue weighted by Crippen LogP contribution is -2.37. The summed E-state index contributed by atoms with van der Waals surface area (Å²) in [5.74, 6) is 0. The molecule has 1 saturated carbocycles. The molecule has 4 heteroatoms. The zero-order valence-electron chi connectivity index (χ0n) is 10.4. The molecule has 1 amide bonds. The van der Waals surface area contributed by atoms with Crippen molar-refractivity contribution in [3.8, 4) is 0 Å². The van der Waals surface area contributed by atoms with E-state index in [4.69, 9.17) is 4.74 Å². The van der Waals surface area contributed by atoms with E-state index in [2.05, 4.69) is 6.92 Å². The zero-order valence-corrected chi connectivity index (χ0v) is 10.4. The molecule has 2 aliphatic rings. The first-order valence-electron chi connectivity index (χ1n) is 5.66. The Balaban J connectivity index is 2.00. The van der Waals surface area contributed by atoms with Gasteiger partial charge in [-0.1, -0.05) is 6.92 Å². The summed E-state index contributed by atoms with van der Waals surface area (Å²) < 4.78 is 5.30. The Morgan fingerprint density at radius 3 is 2.44 bits per heavy atom. The topological polar surface area (TPSA) is 46.6 Å². The molecule has 90 valence electrons. The summed E-state index contributed by atoms with van der Waals surface area (Å²) in [5.41, 5.74) is -0.769. The van der Waals surface area contributed by atoms with Gasteiger partial charge in [-0.05, 0) is 27.2 Å². The third-order valence-electron chi connectivity index (χ3n) is 3.67. The maximum Gasteiger partial charge on any atom is 0.410 e. The molecular formula is C12H19NO3. The van der Waals surface area contributed by atoms with Crippen molar-refractivity contribution in [2.75, 3.05) is 13.1 Å². The molecule has 0 radical (unpaired) electrons. The quantitative estimate of drug-likeness (QED) is 0.640. The van der Waals surface area contributed by atoms with Crippen LogP contribution < -0.4 is 0 Å². The SMILES string of the molecule is CC(C)(C)OC(=O)N1C[C@]2(C)C[C@]2(C=O)C1. The molecule has 0 bridgehead atoms. The number of fused-ring (bicyclic) bond motifs is 1. The van der Waals surface area contributed by atoms with Crippen molar-refractivity contribution in [1.82, 2.24) is 4.90 Å². The van der Waals surface area contributed by atoms with Gasteiger partial charge in [0, 0.05) is 18.5 Å². The Hall–Kier alpha value is -1.06. The second-order valence-corrected chi connectivity index (χ2v) is 6.35. The van der Waals surface area contributed by atoms with Crippen molar-refractivity contribution in [2.24, 2.45) is 10.8 Å². The van der Waals surface area contributed by atoms with Crippen molar-refractivity contribution in [2.45, 2.75) is 39.7 Å². The van der Waals surface area contributed by atoms with Crippen LogP contribution in [-0.4, -0.2) is 36.0 Å². The molecule has 1 aliphatic carbocycles. The number of amides is 1. The summed E-state index contributed by atoms with van der Waals surface area (Å²) in [6.07, 6.45) is 1.61. The van der Waals surface area contributed by atoms with Crippen molar-refractivity contribution >= 4 is 12.4 Å². The van der Waals surface area contributed by atoms with E-state index in [1.165, 1.54) is 0 Å². The van der Waals surface area contributed by atoms with Gasteiger partial charge in [0.05, 0.1) is 5.41 Å². The van der Waals surface area contributed by atoms with E-state index < -0.39 is 5.60 Å². The van der Waals surface area contributed by atoms with Gasteiger partial charge < -0.3 is 14.4 Å². The Morgan fingerprint density at radius 1 is 1.38 bits per heavy atom. The number of carbonyl (C=O) groups is 2. The van der Waals surface area contributed by atoms with Crippen LogP contribution in [0.1, 0.15) is 34.1 Å². The van der Waals surface area contributed by atoms with Crippen LogP contribution in [0.3, 0.4) is 0 Å². The maximum atomic E-state index is 11.8. The first-order valence-corrected chi connectivity index (χ1v) is 5.66. The molecule has 0 unspecified atom stereocenters. The predicted molar refractivity (Wildman–Crippen MR) is 59.0 cm³/mol. The summed E-state index contributed by atoms with van der Waals surface area (Å²) in [6.45, 7) is 8.76. The fraction of sp³-hybridized carbons (Fsp3) is 0.833. The molecule has 1 heterocycles. The monoisotopic (exact) mass is 225 g/mol. The Morgan fingerprint density at radius 2 is 2.00 bits per heavy atom. The van der Waals surface area contributed by atoms with Crippen molar-refractivity contribution in [1.29, 1.82) is 0 Å². The lowest BCUT2D eigenvalue weighted by atomic mass is 10.0. The van der Waals surface area contributed by atoms with E-state index in [0.717, 1.165) is 12.7 Å². The molecule has 1 aliphatic heterocycles. The lowest BCUT2D eigenvalue weighted by molar-refractivity contribution is -0.112. The molecule has 1 saturated heterocycles. The minimum atomic E-state index is -0.473. The number of nitrogens with zero attached hydrogens (tertiary/aromatic N) is 1. The first kappa shape index (κ1) is 11.4. The fourth-order valence-corrected chi connectivity index (χ4v) is 2.61. The van der Waals surface area contributed by atoms with Gasteiger partial charge in [0.2, 0.25) is 0 Å². The number of hydrogen-bond acceptors (Lipinski definition) is 3. The molecule has 0 spiro atoms. The molecule has 4 nitrogen and oxygen atoms in total. The van der Waals surface area contributed by atoms with Crippen molar-refractivity contribution < 1.29 is 14.3 Å². The van der Waals surface area contributed by atoms with Gasteiger partial charge >= 0.3 is 6.09 Å². The van der Waals surface area contributed by atoms with Gasteiger partial charge in [0.15, 0.2) is 0 Å². The van der Waals surface area contributed by atoms with Crippen molar-refractivity contribution in [3.63, 3.8) is 0 Å². The van der Waals surface area contributed by atoms with Crippen LogP contribution in [0.15, 0.2) is 0 Å². The van der Waals surface area contributed by atoms with Crippen LogP contribution in [0, 0.1) is 10.8 Å². The number of rotatable bonds is 1. The van der Waals surface area contributed by atoms with Gasteiger partial charge in [-0.25, -0.2) is 4.79 Å². The standard InChI is InChI=1S/C12H19NO3/c1-10(2,3)16-9(15)13-6-11(4)5-12(11,7-13)8-14/h8H,5-7H2,1-4H3/t11-,12+/m0/s1. The number of ether oxygens (including phenoxy) is 1. The molecule has 0 N–H and O–H groups in total. The van der Waals surface area contributed by atoms with Crippen LogP contribution in [0.4, 0.5) is 4.79 Å². The highest BCUT2D eigenvalue weighted by Gasteiger charge is 2.70. The van der Waals surface area contributed by atoms with Gasteiger partial charge in [-0.3, -0.25) is 0 Å². The molecular weight excluding hydrogens is 206 g/mol. The summed E-state index contributed by atoms with van der Waals surface area (Å²) in [6, 6.07) is 0. The summed E-state index contributed by atoms with van der Waals surface area (Å²) in [5, 5.41) is 0. The average molecular weight is 225 g/mol. The fourth-order valence-electron chi connectivity index (χ4n) is 2.61. The molecule has 2 atom stereocenters. The molecule has 0 aromatic heterocycles. The Kier molecular flexibility index (Phi) is 2.14. The molecule has 2 rings (SSSR count). The largest absolute Gasteiger partial charge is 0.444 e. The van der Waals surface area contributed by atoms with Gasteiger partial charge in [0.1, 0.15) is 11.9 Å². The number of aldehydes is 1. The predicted octanol–water partition coefficient (Wildman–Crippen LogP) is 1.83. The molecule has 16 heavy (non-hydrogen) atoms. The van der Waals surface area contributed by atoms with Crippen LogP contribution in [-0.2, 0) is 9.53 Å². The minimum Gasteiger partial charge on any atom is -0.444 e. The van der Waals surface area contributed by atoms with E-state index in [0.29, 0.717) is 13.1 Å². The summed E-state index contributed by atoms with van der Waals surface area (Å²) in [4.78, 5) is 24.5. The highest BCUT2D eigenvalue weighted by Crippen LogP contribution is 2.66. The van der Waals surface area contributed by atoms with Crippen molar-refractivity contribution in [3.05, 3.63) is 0 Å². The third kappa shape index (κ3) is 1.60. The van der Waals surface area contributed by atoms with Crippen LogP contribution in [0.2, 0.25) is 0 Å². The number of piperidine rings is 1. The van der Waals surface area contributed by atoms with Gasteiger partial charge in [0.25, 0.3) is 0 Å². The number of hydrogen-bond donors (Lipinski definition) is 0. The van der Waals surface area contributed by atoms with E-state index in [1.54, 1.807) is 4.90 Å². The highest BCUT2D eigenvalue weighted by molar-refractivity contribution is 5.75. The van der Waals surface area contributed by atoms with Crippen LogP contribution in [0.5, 0.6) is 0 Å². The van der Waals surface area contributed by atoms with Gasteiger partial charge in [-0.15, -0.1) is 0 Å². The second-order valence-electron chi connectivity index (χ2n) is 6.35. The molecule has 2 fully saturated rings. The van der Waals surface area contributed by atoms with E-state index in [-0.39, 0.29) is 16.9 Å². The molecule has 0 aromatic carbocycles. The second kappa shape index (κ2) is 2.99. The first-order chi connectivity index (χ1) is 7.21. The third-order valence-corrected chi connectivity index (χ3v) is 3.67. The van der Waals surface area contributed by atoms with Gasteiger partial charge in [-0.2, -0.15) is 0 Å². The zero-order chi connectivity index (χ0) is 12.2. The van der Waals surface area contributed by atoms with Crippen LogP contribution in [0.25, 0.3) is 0 Å². The smallest absolute Gasteiger partial charge is 0.410 e. The highest BCUT2D eigenvalue weighted by atomic mass is 16.6. The normalized spacial score (nSPS) is 36.9. The van der Waals surface area contributed by atoms with E-state index >= 15 is 0 Å². The van der Waals surface area contributed by atoms with E-state index in [9.17, 15) is 9.59 Å². The number of carbonyl (C=O) groups excluding carboxylic acids is 2. The number of likely N-dealkylation sites (tertiary alicyclic amines) is 1. The Bertz CT molecular complexity index is 347. The van der Waals surface area contributed by atoms with Crippen LogP contribution >= 0.6 is 0 Å². The minimum absolute atomic E-state index is 0.00828. The summed E-state index contributed by atoms with van der Waals surface area (Å²) >= 11 is 0. The average Bonchev–Trinajstić information content (AvgIpc) is 2.58.